The first-order chi connectivity index (χ1) is 32.2. The number of nitrogens with two attached hydrogens (primary N) is 3. The second-order valence-corrected chi connectivity index (χ2v) is 15.8. The third kappa shape index (κ3) is 24.4. The molecule has 382 valence electrons. The van der Waals surface area contributed by atoms with E-state index >= 15 is 0 Å². The van der Waals surface area contributed by atoms with Gasteiger partial charge in [-0.2, -0.15) is 0 Å². The van der Waals surface area contributed by atoms with Crippen LogP contribution in [0, 0.1) is 16.7 Å². The van der Waals surface area contributed by atoms with Crippen molar-refractivity contribution >= 4 is 71.0 Å². The van der Waals surface area contributed by atoms with Gasteiger partial charge in [0.05, 0.1) is 32.8 Å². The third-order valence-corrected chi connectivity index (χ3v) is 9.76. The largest absolute Gasteiger partial charge is 0.370 e. The van der Waals surface area contributed by atoms with Crippen molar-refractivity contribution in [3.05, 3.63) is 12.7 Å². The minimum absolute atomic E-state index is 0.0338. The van der Waals surface area contributed by atoms with Crippen molar-refractivity contribution in [2.75, 3.05) is 72.6 Å². The fraction of sp³-hybridized carbons (Fsp3) is 0.650. The molecule has 0 aromatic heterocycles. The minimum atomic E-state index is -1.38. The first-order valence-electron chi connectivity index (χ1n) is 22.1. The second-order valence-electron chi connectivity index (χ2n) is 15.8. The second kappa shape index (κ2) is 32.6. The number of amides is 10. The Morgan fingerprint density at radius 2 is 1.24 bits per heavy atom. The Bertz CT molecular complexity index is 1780. The molecule has 28 heteroatoms. The Labute approximate surface area is 394 Å². The highest BCUT2D eigenvalue weighted by Gasteiger charge is 2.38. The van der Waals surface area contributed by atoms with Gasteiger partial charge in [0, 0.05) is 33.2 Å². The number of rotatable bonds is 32. The predicted molar refractivity (Wildman–Crippen MR) is 246 cm³/mol. The number of hydrogen-bond acceptors (Lipinski definition) is 14. The molecule has 1 aliphatic rings. The van der Waals surface area contributed by atoms with E-state index in [1.165, 1.54) is 11.9 Å². The van der Waals surface area contributed by atoms with Gasteiger partial charge in [0.1, 0.15) is 36.8 Å². The fourth-order valence-electron chi connectivity index (χ4n) is 6.43. The van der Waals surface area contributed by atoms with E-state index in [1.807, 2.05) is 0 Å². The van der Waals surface area contributed by atoms with Gasteiger partial charge in [-0.15, -0.1) is 6.58 Å². The Kier molecular flexibility index (Phi) is 28.2. The van der Waals surface area contributed by atoms with Crippen LogP contribution in [0.2, 0.25) is 0 Å². The van der Waals surface area contributed by atoms with E-state index in [9.17, 15) is 47.9 Å². The highest BCUT2D eigenvalue weighted by atomic mass is 16.5. The first-order valence-corrected chi connectivity index (χ1v) is 22.1. The van der Waals surface area contributed by atoms with Crippen molar-refractivity contribution < 1.29 is 52.7 Å². The molecule has 0 aromatic rings. The van der Waals surface area contributed by atoms with Crippen molar-refractivity contribution in [2.45, 2.75) is 89.0 Å². The van der Waals surface area contributed by atoms with Crippen LogP contribution in [-0.2, 0) is 52.7 Å². The molecule has 19 N–H and O–H groups in total. The van der Waals surface area contributed by atoms with Crippen molar-refractivity contribution in [2.24, 2.45) is 23.1 Å². The number of carbonyl (C=O) groups is 10. The zero-order valence-electron chi connectivity index (χ0n) is 38.9. The van der Waals surface area contributed by atoms with Crippen molar-refractivity contribution in [3.8, 4) is 0 Å². The Morgan fingerprint density at radius 3 is 1.81 bits per heavy atom. The summed E-state index contributed by atoms with van der Waals surface area (Å²) in [6.45, 7) is 5.68. The van der Waals surface area contributed by atoms with Crippen LogP contribution in [0.3, 0.4) is 0 Å². The molecule has 5 atom stereocenters. The van der Waals surface area contributed by atoms with Gasteiger partial charge in [-0.1, -0.05) is 19.9 Å². The van der Waals surface area contributed by atoms with Gasteiger partial charge in [-0.3, -0.25) is 58.8 Å². The minimum Gasteiger partial charge on any atom is -0.370 e. The number of guanidine groups is 2. The number of likely N-dealkylation sites (N-methyl/N-ethyl adjacent to an activating group) is 1. The van der Waals surface area contributed by atoms with E-state index in [-0.39, 0.29) is 95.9 Å². The van der Waals surface area contributed by atoms with Crippen LogP contribution in [-0.4, -0.2) is 179 Å². The highest BCUT2D eigenvalue weighted by molar-refractivity contribution is 5.97. The summed E-state index contributed by atoms with van der Waals surface area (Å²) in [7, 11) is 1.38. The Hall–Kier alpha value is -7.10. The normalized spacial score (nSPS) is 14.6. The lowest BCUT2D eigenvalue weighted by molar-refractivity contribution is -0.142. The topological polar surface area (TPSA) is 441 Å². The molecule has 0 saturated carbocycles. The summed E-state index contributed by atoms with van der Waals surface area (Å²) in [6, 6.07) is -5.80. The maximum absolute atomic E-state index is 13.7. The lowest BCUT2D eigenvalue weighted by Gasteiger charge is -2.29. The Balaban J connectivity index is 2.89. The predicted octanol–water partition coefficient (Wildman–Crippen LogP) is -7.14. The van der Waals surface area contributed by atoms with E-state index in [1.54, 1.807) is 13.8 Å². The molecule has 0 bridgehead atoms. The molecular formula is C40H71N17O11. The van der Waals surface area contributed by atoms with Crippen LogP contribution >= 0.6 is 0 Å². The van der Waals surface area contributed by atoms with Gasteiger partial charge >= 0.3 is 0 Å². The Morgan fingerprint density at radius 1 is 0.691 bits per heavy atom. The first kappa shape index (κ1) is 58.9. The summed E-state index contributed by atoms with van der Waals surface area (Å²) in [5, 5.41) is 41.8. The van der Waals surface area contributed by atoms with Crippen LogP contribution in [0.1, 0.15) is 58.8 Å². The number of likely N-dealkylation sites (tertiary alicyclic amines) is 1. The molecule has 3 unspecified atom stereocenters. The number of carbonyl (C=O) groups excluding carboxylic acids is 10. The lowest BCUT2D eigenvalue weighted by Crippen LogP contribution is -2.56. The fourth-order valence-corrected chi connectivity index (χ4v) is 6.43. The third-order valence-electron chi connectivity index (χ3n) is 9.76. The standard InChI is InChI=1S/C40H71N17O11/c1-5-24(53-31(60)21-52-37(66)28-11-8-15-57(28)38(67)26(10-7-14-48-40(44)45)55-33(62)22-68-16-12-41)36(65)56-27(17-23(2)3)35(64)51-20-32(61)54-25(9-6-13-47-39(42)43)34(63)50-19-30(59)49-18-29(58)46-4/h5,23-28H,1,6-22,41H2,2-4H3,(H,46,58)(H,49,59)(H,50,63)(H,51,64)(H,52,66)(H,53,60)(H,54,61)(H,55,62)(H,56,65)(H4,42,43,47)(H4,44,45,48)/t24-,25?,26-,27?,28?/m0/s1. The summed E-state index contributed by atoms with van der Waals surface area (Å²) in [5.74, 6) is -7.58. The number of ether oxygens (including phenoxy) is 1. The average Bonchev–Trinajstić information content (AvgIpc) is 3.79. The van der Waals surface area contributed by atoms with Crippen LogP contribution in [0.4, 0.5) is 0 Å². The van der Waals surface area contributed by atoms with Gasteiger partial charge in [0.25, 0.3) is 0 Å². The molecule has 1 aliphatic heterocycles. The van der Waals surface area contributed by atoms with Gasteiger partial charge in [0.2, 0.25) is 59.1 Å². The molecule has 1 fully saturated rings. The molecule has 28 nitrogen and oxygen atoms in total. The number of hydrogen-bond donors (Lipinski definition) is 16. The van der Waals surface area contributed by atoms with Crippen molar-refractivity contribution in [3.63, 3.8) is 0 Å². The molecule has 1 saturated heterocycles. The number of nitrogens with one attached hydrogen (secondary N) is 13. The number of nitrogens with zero attached hydrogens (tertiary/aromatic N) is 1. The maximum Gasteiger partial charge on any atom is 0.247 e. The summed E-state index contributed by atoms with van der Waals surface area (Å²) in [5.41, 5.74) is 16.1. The highest BCUT2D eigenvalue weighted by Crippen LogP contribution is 2.20. The molecule has 10 amide bonds. The molecule has 0 aliphatic carbocycles. The van der Waals surface area contributed by atoms with E-state index in [0.717, 1.165) is 6.08 Å². The monoisotopic (exact) mass is 966 g/mol. The lowest BCUT2D eigenvalue weighted by atomic mass is 10.0. The molecule has 1 rings (SSSR count). The summed E-state index contributed by atoms with van der Waals surface area (Å²) >= 11 is 0. The summed E-state index contributed by atoms with van der Waals surface area (Å²) in [4.78, 5) is 130. The van der Waals surface area contributed by atoms with Crippen LogP contribution in [0.15, 0.2) is 12.7 Å². The molecule has 0 spiro atoms. The molecule has 0 aromatic carbocycles. The van der Waals surface area contributed by atoms with Crippen molar-refractivity contribution in [1.29, 1.82) is 10.8 Å². The van der Waals surface area contributed by atoms with Gasteiger partial charge in [-0.25, -0.2) is 0 Å². The molecule has 1 heterocycles. The van der Waals surface area contributed by atoms with Gasteiger partial charge in [-0.05, 0) is 50.9 Å². The van der Waals surface area contributed by atoms with E-state index in [2.05, 4.69) is 65.1 Å². The van der Waals surface area contributed by atoms with E-state index in [0.29, 0.717) is 12.8 Å². The molecule has 0 radical (unpaired) electrons. The zero-order valence-corrected chi connectivity index (χ0v) is 38.9. The SMILES string of the molecule is C=C[C@H](NC(=O)CNC(=O)C1CCCN1C(=O)[C@H](CCCNC(=N)N)NC(=O)COCCN)C(=O)NC(CC(C)C)C(=O)NCC(=O)NC(CCCNC(=N)N)C(=O)NCC(=O)NCC(=O)NC. The zero-order chi connectivity index (χ0) is 51.2. The van der Waals surface area contributed by atoms with Gasteiger partial charge < -0.3 is 85.3 Å². The average molecular weight is 966 g/mol. The molecule has 68 heavy (non-hydrogen) atoms. The van der Waals surface area contributed by atoms with E-state index in [4.69, 9.17) is 32.8 Å². The van der Waals surface area contributed by atoms with Crippen molar-refractivity contribution in [1.82, 2.24) is 63.4 Å². The quantitative estimate of drug-likeness (QED) is 0.0129. The maximum atomic E-state index is 13.7. The van der Waals surface area contributed by atoms with E-state index < -0.39 is 109 Å². The van der Waals surface area contributed by atoms with Crippen LogP contribution in [0.25, 0.3) is 0 Å². The van der Waals surface area contributed by atoms with Crippen LogP contribution in [0.5, 0.6) is 0 Å². The van der Waals surface area contributed by atoms with Crippen LogP contribution < -0.4 is 75.7 Å². The summed E-state index contributed by atoms with van der Waals surface area (Å²) < 4.78 is 5.17. The smallest absolute Gasteiger partial charge is 0.247 e. The van der Waals surface area contributed by atoms with Gasteiger partial charge in [0.15, 0.2) is 11.9 Å². The molecular weight excluding hydrogens is 895 g/mol. The summed E-state index contributed by atoms with van der Waals surface area (Å²) in [6.07, 6.45) is 2.70.